The number of aromatic nitrogens is 1. The number of amides is 1. The molecule has 0 aliphatic heterocycles. The lowest BCUT2D eigenvalue weighted by Crippen LogP contribution is -2.23. The molecule has 21 heavy (non-hydrogen) atoms. The summed E-state index contributed by atoms with van der Waals surface area (Å²) in [6, 6.07) is 7.38. The number of aliphatic hydroxyl groups is 1. The number of aliphatic hydroxyl groups excluding tert-OH is 1. The molecule has 2 rings (SSSR count). The highest BCUT2D eigenvalue weighted by Crippen LogP contribution is 2.15. The zero-order chi connectivity index (χ0) is 15.1. The fourth-order valence-electron chi connectivity index (χ4n) is 1.73. The van der Waals surface area contributed by atoms with Crippen LogP contribution in [-0.4, -0.2) is 22.6 Å². The maximum atomic E-state index is 12.1. The van der Waals surface area contributed by atoms with E-state index in [1.165, 1.54) is 11.3 Å². The van der Waals surface area contributed by atoms with Crippen LogP contribution in [-0.2, 0) is 6.54 Å². The van der Waals surface area contributed by atoms with Crippen LogP contribution in [0.25, 0.3) is 0 Å². The molecule has 0 unspecified atom stereocenters. The molecule has 2 aromatic heterocycles. The van der Waals surface area contributed by atoms with Crippen LogP contribution in [0.3, 0.4) is 0 Å². The highest BCUT2D eigenvalue weighted by molar-refractivity contribution is 7.12. The van der Waals surface area contributed by atoms with Crippen molar-refractivity contribution in [1.82, 2.24) is 10.3 Å². The number of rotatable bonds is 4. The molecule has 4 nitrogen and oxygen atoms in total. The van der Waals surface area contributed by atoms with E-state index < -0.39 is 0 Å². The van der Waals surface area contributed by atoms with Crippen molar-refractivity contribution < 1.29 is 9.90 Å². The number of nitrogens with zero attached hydrogens (tertiary/aromatic N) is 1. The maximum Gasteiger partial charge on any atom is 0.253 e. The number of aryl methyl sites for hydroxylation is 1. The number of carbonyl (C=O) groups excluding carboxylic acids is 1. The Balaban J connectivity index is 1.93. The Bertz CT molecular complexity index is 683. The first kappa shape index (κ1) is 15.2. The molecule has 0 aromatic carbocycles. The molecule has 0 aliphatic carbocycles. The normalized spacial score (nSPS) is 9.81. The van der Waals surface area contributed by atoms with E-state index in [1.54, 1.807) is 18.3 Å². The molecule has 0 radical (unpaired) electrons. The minimum atomic E-state index is -0.123. The summed E-state index contributed by atoms with van der Waals surface area (Å²) in [4.78, 5) is 18.1. The summed E-state index contributed by atoms with van der Waals surface area (Å²) >= 11 is 1.54. The van der Waals surface area contributed by atoms with Gasteiger partial charge in [0.25, 0.3) is 5.91 Å². The van der Waals surface area contributed by atoms with Crippen molar-refractivity contribution in [2.45, 2.75) is 19.9 Å². The Morgan fingerprint density at radius 1 is 1.43 bits per heavy atom. The number of nitrogens with one attached hydrogen (secondary N) is 1. The van der Waals surface area contributed by atoms with Crippen molar-refractivity contribution in [3.63, 3.8) is 0 Å². The van der Waals surface area contributed by atoms with Crippen molar-refractivity contribution in [2.24, 2.45) is 0 Å². The predicted octanol–water partition coefficient (Wildman–Crippen LogP) is 2.12. The summed E-state index contributed by atoms with van der Waals surface area (Å²) in [7, 11) is 0. The molecule has 5 heteroatoms. The Kier molecular flexibility index (Phi) is 5.50. The average molecular weight is 300 g/mol. The van der Waals surface area contributed by atoms with Gasteiger partial charge in [0.1, 0.15) is 0 Å². The molecular weight excluding hydrogens is 284 g/mol. The summed E-state index contributed by atoms with van der Waals surface area (Å²) in [5.41, 5.74) is 1.31. The van der Waals surface area contributed by atoms with Crippen LogP contribution in [0.5, 0.6) is 0 Å². The number of hydrogen-bond donors (Lipinski definition) is 2. The van der Waals surface area contributed by atoms with E-state index in [-0.39, 0.29) is 12.5 Å². The van der Waals surface area contributed by atoms with E-state index in [2.05, 4.69) is 22.1 Å². The molecule has 108 valence electrons. The van der Waals surface area contributed by atoms with Gasteiger partial charge in [-0.15, -0.1) is 11.3 Å². The quantitative estimate of drug-likeness (QED) is 0.850. The lowest BCUT2D eigenvalue weighted by molar-refractivity contribution is 0.0950. The van der Waals surface area contributed by atoms with Crippen molar-refractivity contribution in [1.29, 1.82) is 0 Å². The Morgan fingerprint density at radius 3 is 3.05 bits per heavy atom. The van der Waals surface area contributed by atoms with Gasteiger partial charge in [0.05, 0.1) is 23.6 Å². The topological polar surface area (TPSA) is 62.2 Å². The van der Waals surface area contributed by atoms with Crippen molar-refractivity contribution in [3.05, 3.63) is 51.5 Å². The molecule has 0 spiro atoms. The van der Waals surface area contributed by atoms with E-state index in [1.807, 2.05) is 19.1 Å². The lowest BCUT2D eigenvalue weighted by atomic mass is 10.2. The fourth-order valence-corrected chi connectivity index (χ4v) is 2.55. The van der Waals surface area contributed by atoms with Crippen molar-refractivity contribution in [3.8, 4) is 11.8 Å². The molecule has 1 amide bonds. The minimum absolute atomic E-state index is 0.0752. The molecular formula is C16H16N2O2S. The molecule has 0 bridgehead atoms. The van der Waals surface area contributed by atoms with E-state index in [4.69, 9.17) is 5.11 Å². The van der Waals surface area contributed by atoms with Crippen LogP contribution in [0.2, 0.25) is 0 Å². The number of thiophene rings is 1. The second kappa shape index (κ2) is 7.58. The molecule has 2 N–H and O–H groups in total. The van der Waals surface area contributed by atoms with Gasteiger partial charge in [0.2, 0.25) is 0 Å². The first-order valence-electron chi connectivity index (χ1n) is 6.59. The van der Waals surface area contributed by atoms with E-state index in [0.717, 1.165) is 15.4 Å². The summed E-state index contributed by atoms with van der Waals surface area (Å²) in [5, 5.41) is 11.6. The van der Waals surface area contributed by atoms with Crippen LogP contribution in [0.4, 0.5) is 0 Å². The van der Waals surface area contributed by atoms with Crippen LogP contribution >= 0.6 is 11.3 Å². The van der Waals surface area contributed by atoms with Gasteiger partial charge in [-0.2, -0.15) is 0 Å². The number of hydrogen-bond acceptors (Lipinski definition) is 4. The Hall–Kier alpha value is -2.16. The van der Waals surface area contributed by atoms with Gasteiger partial charge < -0.3 is 10.4 Å². The van der Waals surface area contributed by atoms with Crippen LogP contribution in [0.15, 0.2) is 30.5 Å². The standard InChI is InChI=1S/C16H16N2O2S/c1-12-15(6-4-9-17-12)16(20)18-11-14-8-7-13(21-14)5-2-3-10-19/h4,6-9,19H,3,10-11H2,1H3,(H,18,20). The van der Waals surface area contributed by atoms with E-state index in [0.29, 0.717) is 18.5 Å². The van der Waals surface area contributed by atoms with Gasteiger partial charge in [0, 0.05) is 23.2 Å². The minimum Gasteiger partial charge on any atom is -0.395 e. The maximum absolute atomic E-state index is 12.1. The highest BCUT2D eigenvalue weighted by atomic mass is 32.1. The van der Waals surface area contributed by atoms with Crippen LogP contribution < -0.4 is 5.32 Å². The summed E-state index contributed by atoms with van der Waals surface area (Å²) < 4.78 is 0. The fraction of sp³-hybridized carbons (Fsp3) is 0.250. The molecule has 2 aromatic rings. The van der Waals surface area contributed by atoms with Gasteiger partial charge >= 0.3 is 0 Å². The molecule has 0 atom stereocenters. The lowest BCUT2D eigenvalue weighted by Gasteiger charge is -2.05. The number of pyridine rings is 1. The summed E-state index contributed by atoms with van der Waals surface area (Å²) in [6.07, 6.45) is 2.15. The second-order valence-electron chi connectivity index (χ2n) is 4.36. The monoisotopic (exact) mass is 300 g/mol. The average Bonchev–Trinajstić information content (AvgIpc) is 2.93. The highest BCUT2D eigenvalue weighted by Gasteiger charge is 2.09. The van der Waals surface area contributed by atoms with Crippen LogP contribution in [0, 0.1) is 18.8 Å². The van der Waals surface area contributed by atoms with Crippen molar-refractivity contribution >= 4 is 17.2 Å². The zero-order valence-electron chi connectivity index (χ0n) is 11.7. The zero-order valence-corrected chi connectivity index (χ0v) is 12.5. The van der Waals surface area contributed by atoms with E-state index >= 15 is 0 Å². The van der Waals surface area contributed by atoms with E-state index in [9.17, 15) is 4.79 Å². The smallest absolute Gasteiger partial charge is 0.253 e. The van der Waals surface area contributed by atoms with Gasteiger partial charge in [-0.25, -0.2) is 0 Å². The van der Waals surface area contributed by atoms with Gasteiger partial charge in [-0.1, -0.05) is 11.8 Å². The van der Waals surface area contributed by atoms with Gasteiger partial charge in [-0.05, 0) is 31.2 Å². The molecule has 2 heterocycles. The summed E-state index contributed by atoms with van der Waals surface area (Å²) in [5.74, 6) is 5.73. The third-order valence-corrected chi connectivity index (χ3v) is 3.79. The third-order valence-electron chi connectivity index (χ3n) is 2.78. The Morgan fingerprint density at radius 2 is 2.29 bits per heavy atom. The first-order valence-corrected chi connectivity index (χ1v) is 7.40. The molecule has 0 fully saturated rings. The van der Waals surface area contributed by atoms with Crippen molar-refractivity contribution in [2.75, 3.05) is 6.61 Å². The molecule has 0 aliphatic rings. The van der Waals surface area contributed by atoms with Crippen LogP contribution in [0.1, 0.15) is 32.2 Å². The third kappa shape index (κ3) is 4.42. The number of carbonyl (C=O) groups is 1. The Labute approximate surface area is 127 Å². The van der Waals surface area contributed by atoms with Gasteiger partial charge in [-0.3, -0.25) is 9.78 Å². The SMILES string of the molecule is Cc1ncccc1C(=O)NCc1ccc(C#CCCO)s1. The first-order chi connectivity index (χ1) is 10.2. The summed E-state index contributed by atoms with van der Waals surface area (Å²) in [6.45, 7) is 2.36. The second-order valence-corrected chi connectivity index (χ2v) is 5.53. The largest absolute Gasteiger partial charge is 0.395 e. The van der Waals surface area contributed by atoms with Gasteiger partial charge in [0.15, 0.2) is 0 Å². The molecule has 0 saturated carbocycles. The molecule has 0 saturated heterocycles. The predicted molar refractivity (Wildman–Crippen MR) is 83.0 cm³/mol.